The summed E-state index contributed by atoms with van der Waals surface area (Å²) in [6.07, 6.45) is 1.57. The lowest BCUT2D eigenvalue weighted by atomic mass is 10.1. The van der Waals surface area contributed by atoms with Crippen molar-refractivity contribution in [2.45, 2.75) is 6.92 Å². The molecule has 0 radical (unpaired) electrons. The second-order valence-electron chi connectivity index (χ2n) is 6.32. The Morgan fingerprint density at radius 1 is 1.24 bits per heavy atom. The number of pyridine rings is 1. The van der Waals surface area contributed by atoms with Gasteiger partial charge >= 0.3 is 0 Å². The average Bonchev–Trinajstić information content (AvgIpc) is 2.73. The van der Waals surface area contributed by atoms with Crippen LogP contribution >= 0.6 is 11.6 Å². The van der Waals surface area contributed by atoms with E-state index in [2.05, 4.69) is 4.98 Å². The van der Waals surface area contributed by atoms with Gasteiger partial charge in [0.1, 0.15) is 11.4 Å². The molecule has 2 aromatic rings. The van der Waals surface area contributed by atoms with E-state index >= 15 is 0 Å². The number of methoxy groups -OCH3 is 1. The molecule has 10 heteroatoms. The highest BCUT2D eigenvalue weighted by molar-refractivity contribution is 6.30. The van der Waals surface area contributed by atoms with E-state index in [0.29, 0.717) is 43.6 Å². The van der Waals surface area contributed by atoms with E-state index < -0.39 is 10.8 Å². The van der Waals surface area contributed by atoms with Crippen molar-refractivity contribution < 1.29 is 19.2 Å². The van der Waals surface area contributed by atoms with Crippen molar-refractivity contribution in [2.75, 3.05) is 44.8 Å². The van der Waals surface area contributed by atoms with E-state index in [1.54, 1.807) is 24.1 Å². The zero-order chi connectivity index (χ0) is 21.0. The molecule has 0 spiro atoms. The average molecular weight is 421 g/mol. The second kappa shape index (κ2) is 8.95. The lowest BCUT2D eigenvalue weighted by molar-refractivity contribution is -0.385. The van der Waals surface area contributed by atoms with E-state index in [1.807, 2.05) is 11.0 Å². The maximum Gasteiger partial charge on any atom is 0.286 e. The number of ether oxygens (including phenoxy) is 2. The Balaban J connectivity index is 1.80. The predicted molar refractivity (Wildman–Crippen MR) is 108 cm³/mol. The summed E-state index contributed by atoms with van der Waals surface area (Å²) >= 11 is 5.87. The first-order valence-electron chi connectivity index (χ1n) is 9.09. The van der Waals surface area contributed by atoms with Crippen LogP contribution in [0.2, 0.25) is 5.02 Å². The number of carbonyl (C=O) groups excluding carboxylic acids is 1. The highest BCUT2D eigenvalue weighted by atomic mass is 35.5. The van der Waals surface area contributed by atoms with Crippen LogP contribution in [0.25, 0.3) is 0 Å². The molecular formula is C19H21ClN4O5. The third-order valence-electron chi connectivity index (χ3n) is 4.61. The molecule has 3 rings (SSSR count). The Kier molecular flexibility index (Phi) is 6.38. The normalized spacial score (nSPS) is 13.9. The molecule has 9 nitrogen and oxygen atoms in total. The fourth-order valence-corrected chi connectivity index (χ4v) is 3.28. The number of nitrogens with zero attached hydrogens (tertiary/aromatic N) is 4. The van der Waals surface area contributed by atoms with E-state index in [0.717, 1.165) is 5.82 Å². The van der Waals surface area contributed by atoms with Gasteiger partial charge in [-0.05, 0) is 19.1 Å². The third-order valence-corrected chi connectivity index (χ3v) is 4.84. The van der Waals surface area contributed by atoms with E-state index in [9.17, 15) is 14.9 Å². The molecule has 1 aromatic carbocycles. The van der Waals surface area contributed by atoms with Crippen LogP contribution < -0.4 is 14.4 Å². The van der Waals surface area contributed by atoms with Crippen LogP contribution in [0.1, 0.15) is 17.3 Å². The smallest absolute Gasteiger partial charge is 0.286 e. The summed E-state index contributed by atoms with van der Waals surface area (Å²) in [6.45, 7) is 4.07. The van der Waals surface area contributed by atoms with Crippen molar-refractivity contribution in [3.8, 4) is 11.5 Å². The summed E-state index contributed by atoms with van der Waals surface area (Å²) in [6, 6.07) is 6.20. The van der Waals surface area contributed by atoms with Crippen molar-refractivity contribution in [1.29, 1.82) is 0 Å². The third kappa shape index (κ3) is 4.51. The number of benzene rings is 1. The largest absolute Gasteiger partial charge is 0.493 e. The fourth-order valence-electron chi connectivity index (χ4n) is 3.16. The van der Waals surface area contributed by atoms with Crippen LogP contribution in [0.5, 0.6) is 11.5 Å². The van der Waals surface area contributed by atoms with Gasteiger partial charge in [0.05, 0.1) is 29.7 Å². The van der Waals surface area contributed by atoms with Crippen LogP contribution in [0, 0.1) is 10.1 Å². The SMILES string of the molecule is CCOc1cc(C(=O)N2CCN(c3ccc(Cl)cn3)CC2)c([N+](=O)[O-])cc1OC. The van der Waals surface area contributed by atoms with Gasteiger partial charge in [-0.2, -0.15) is 0 Å². The predicted octanol–water partition coefficient (Wildman–Crippen LogP) is 3.01. The second-order valence-corrected chi connectivity index (χ2v) is 6.76. The van der Waals surface area contributed by atoms with Crippen LogP contribution in [-0.4, -0.2) is 60.6 Å². The lowest BCUT2D eigenvalue weighted by Crippen LogP contribution is -2.49. The molecule has 0 bridgehead atoms. The highest BCUT2D eigenvalue weighted by Gasteiger charge is 2.30. The molecule has 0 N–H and O–H groups in total. The minimum atomic E-state index is -0.584. The highest BCUT2D eigenvalue weighted by Crippen LogP contribution is 2.35. The Morgan fingerprint density at radius 2 is 1.97 bits per heavy atom. The lowest BCUT2D eigenvalue weighted by Gasteiger charge is -2.35. The number of carbonyl (C=O) groups is 1. The molecule has 1 aromatic heterocycles. The molecule has 2 heterocycles. The van der Waals surface area contributed by atoms with Gasteiger partial charge in [-0.1, -0.05) is 11.6 Å². The van der Waals surface area contributed by atoms with Crippen molar-refractivity contribution in [2.24, 2.45) is 0 Å². The van der Waals surface area contributed by atoms with Crippen molar-refractivity contribution >= 4 is 29.0 Å². The van der Waals surface area contributed by atoms with Crippen molar-refractivity contribution in [1.82, 2.24) is 9.88 Å². The Morgan fingerprint density at radius 3 is 2.52 bits per heavy atom. The number of halogens is 1. The van der Waals surface area contributed by atoms with Gasteiger partial charge in [-0.3, -0.25) is 14.9 Å². The number of hydrogen-bond donors (Lipinski definition) is 0. The number of rotatable bonds is 6. The minimum Gasteiger partial charge on any atom is -0.493 e. The van der Waals surface area contributed by atoms with E-state index in [-0.39, 0.29) is 17.0 Å². The van der Waals surface area contributed by atoms with Crippen molar-refractivity contribution in [3.05, 3.63) is 51.2 Å². The molecule has 29 heavy (non-hydrogen) atoms. The molecule has 1 aliphatic heterocycles. The fraction of sp³-hybridized carbons (Fsp3) is 0.368. The Hall–Kier alpha value is -3.07. The molecule has 1 aliphatic rings. The van der Waals surface area contributed by atoms with Gasteiger partial charge in [0.15, 0.2) is 11.5 Å². The number of nitro groups is 1. The van der Waals surface area contributed by atoms with Crippen LogP contribution in [0.3, 0.4) is 0 Å². The van der Waals surface area contributed by atoms with Gasteiger partial charge in [0.25, 0.3) is 11.6 Å². The minimum absolute atomic E-state index is 0.0164. The number of nitro benzene ring substituents is 1. The quantitative estimate of drug-likeness (QED) is 0.523. The Bertz CT molecular complexity index is 898. The maximum atomic E-state index is 13.0. The zero-order valence-corrected chi connectivity index (χ0v) is 16.9. The molecule has 0 atom stereocenters. The summed E-state index contributed by atoms with van der Waals surface area (Å²) in [5.74, 6) is 0.876. The number of hydrogen-bond acceptors (Lipinski definition) is 7. The number of anilines is 1. The molecule has 154 valence electrons. The molecular weight excluding hydrogens is 400 g/mol. The number of piperazine rings is 1. The maximum absolute atomic E-state index is 13.0. The summed E-state index contributed by atoms with van der Waals surface area (Å²) < 4.78 is 10.6. The number of amides is 1. The summed E-state index contributed by atoms with van der Waals surface area (Å²) in [7, 11) is 1.40. The standard InChI is InChI=1S/C19H21ClN4O5/c1-3-29-17-10-14(15(24(26)27)11-16(17)28-2)19(25)23-8-6-22(7-9-23)18-5-4-13(20)12-21-18/h4-5,10-12H,3,6-9H2,1-2H3. The first kappa shape index (κ1) is 20.7. The van der Waals surface area contributed by atoms with Crippen LogP contribution in [0.4, 0.5) is 11.5 Å². The van der Waals surface area contributed by atoms with Gasteiger partial charge in [-0.25, -0.2) is 4.98 Å². The Labute approximate surface area is 172 Å². The van der Waals surface area contributed by atoms with E-state index in [1.165, 1.54) is 19.2 Å². The molecule has 1 amide bonds. The number of aromatic nitrogens is 1. The monoisotopic (exact) mass is 420 g/mol. The first-order valence-corrected chi connectivity index (χ1v) is 9.47. The zero-order valence-electron chi connectivity index (χ0n) is 16.1. The van der Waals surface area contributed by atoms with E-state index in [4.69, 9.17) is 21.1 Å². The molecule has 0 unspecified atom stereocenters. The van der Waals surface area contributed by atoms with Crippen molar-refractivity contribution in [3.63, 3.8) is 0 Å². The van der Waals surface area contributed by atoms with Gasteiger partial charge < -0.3 is 19.3 Å². The summed E-state index contributed by atoms with van der Waals surface area (Å²) in [4.78, 5) is 31.9. The first-order chi connectivity index (χ1) is 13.9. The molecule has 0 aliphatic carbocycles. The van der Waals surface area contributed by atoms with Crippen LogP contribution in [0.15, 0.2) is 30.5 Å². The summed E-state index contributed by atoms with van der Waals surface area (Å²) in [5.41, 5.74) is -0.325. The molecule has 1 saturated heterocycles. The molecule has 0 saturated carbocycles. The van der Waals surface area contributed by atoms with Crippen LogP contribution in [-0.2, 0) is 0 Å². The summed E-state index contributed by atoms with van der Waals surface area (Å²) in [5, 5.41) is 12.1. The topological polar surface area (TPSA) is 98.0 Å². The van der Waals surface area contributed by atoms with Gasteiger partial charge in [0, 0.05) is 38.4 Å². The van der Waals surface area contributed by atoms with Gasteiger partial charge in [0.2, 0.25) is 0 Å². The van der Waals surface area contributed by atoms with Gasteiger partial charge in [-0.15, -0.1) is 0 Å². The molecule has 1 fully saturated rings.